The summed E-state index contributed by atoms with van der Waals surface area (Å²) in [5.74, 6) is -0.763. The van der Waals surface area contributed by atoms with Gasteiger partial charge in [-0.1, -0.05) is 0 Å². The van der Waals surface area contributed by atoms with Crippen molar-refractivity contribution in [1.29, 1.82) is 5.26 Å². The summed E-state index contributed by atoms with van der Waals surface area (Å²) in [5, 5.41) is 17.9. The summed E-state index contributed by atoms with van der Waals surface area (Å²) in [7, 11) is 0. The van der Waals surface area contributed by atoms with Crippen molar-refractivity contribution in [1.82, 2.24) is 4.98 Å². The molecule has 0 bridgehead atoms. The highest BCUT2D eigenvalue weighted by atomic mass is 79.9. The summed E-state index contributed by atoms with van der Waals surface area (Å²) in [6, 6.07) is 6.93. The molecule has 0 saturated heterocycles. The number of rotatable bonds is 4. The van der Waals surface area contributed by atoms with Gasteiger partial charge in [-0.2, -0.15) is 5.26 Å². The number of nitrogens with one attached hydrogen (secondary N) is 1. The highest BCUT2D eigenvalue weighted by Crippen LogP contribution is 2.38. The maximum Gasteiger partial charge on any atom is 0.341 e. The molecular formula is C15H10Br2N2O4. The van der Waals surface area contributed by atoms with E-state index in [1.54, 1.807) is 25.1 Å². The lowest BCUT2D eigenvalue weighted by molar-refractivity contribution is -0.139. The Hall–Kier alpha value is -2.11. The van der Waals surface area contributed by atoms with E-state index in [2.05, 4.69) is 36.8 Å². The molecule has 6 nitrogen and oxygen atoms in total. The monoisotopic (exact) mass is 440 g/mol. The smallest absolute Gasteiger partial charge is 0.341 e. The van der Waals surface area contributed by atoms with E-state index in [0.29, 0.717) is 31.5 Å². The Morgan fingerprint density at radius 1 is 1.35 bits per heavy atom. The quantitative estimate of drug-likeness (QED) is 0.758. The highest BCUT2D eigenvalue weighted by molar-refractivity contribution is 9.11. The number of halogens is 2. The number of hydrogen-bond acceptors (Lipinski definition) is 4. The van der Waals surface area contributed by atoms with E-state index in [1.807, 2.05) is 6.07 Å². The third-order valence-corrected chi connectivity index (χ3v) is 4.11. The molecule has 2 aromatic rings. The number of H-pyrrole nitrogens is 1. The molecule has 0 amide bonds. The average Bonchev–Trinajstić information content (AvgIpc) is 2.45. The molecule has 0 fully saturated rings. The standard InChI is InChI=1S/C15H10Br2N2O4/c1-7-2-9(10(5-18)15(22)19-7)8-3-11(16)14(12(17)4-8)23-6-13(20)21/h2-4H,6H2,1H3,(H,19,22)(H,20,21). The largest absolute Gasteiger partial charge is 0.480 e. The van der Waals surface area contributed by atoms with Gasteiger partial charge in [-0.15, -0.1) is 0 Å². The van der Waals surface area contributed by atoms with Gasteiger partial charge in [0.25, 0.3) is 5.56 Å². The lowest BCUT2D eigenvalue weighted by Gasteiger charge is -2.12. The number of carboxylic acid groups (broad SMARTS) is 1. The van der Waals surface area contributed by atoms with Crippen molar-refractivity contribution in [3.8, 4) is 22.9 Å². The highest BCUT2D eigenvalue weighted by Gasteiger charge is 2.15. The molecule has 2 rings (SSSR count). The molecule has 23 heavy (non-hydrogen) atoms. The summed E-state index contributed by atoms with van der Waals surface area (Å²) >= 11 is 6.62. The second kappa shape index (κ2) is 6.98. The Balaban J connectivity index is 2.57. The maximum atomic E-state index is 11.9. The fourth-order valence-electron chi connectivity index (χ4n) is 2.01. The van der Waals surface area contributed by atoms with Crippen LogP contribution < -0.4 is 10.3 Å². The summed E-state index contributed by atoms with van der Waals surface area (Å²) in [4.78, 5) is 25.1. The molecule has 0 atom stereocenters. The third kappa shape index (κ3) is 3.81. The molecule has 0 radical (unpaired) electrons. The van der Waals surface area contributed by atoms with E-state index in [0.717, 1.165) is 0 Å². The molecule has 118 valence electrons. The lowest BCUT2D eigenvalue weighted by atomic mass is 10.0. The van der Waals surface area contributed by atoms with E-state index in [-0.39, 0.29) is 5.56 Å². The van der Waals surface area contributed by atoms with Crippen LogP contribution in [0, 0.1) is 18.3 Å². The molecule has 1 aromatic heterocycles. The Morgan fingerprint density at radius 3 is 2.48 bits per heavy atom. The molecule has 1 aromatic carbocycles. The summed E-state index contributed by atoms with van der Waals surface area (Å²) in [6.45, 7) is 1.24. The minimum Gasteiger partial charge on any atom is -0.480 e. The first-order valence-electron chi connectivity index (χ1n) is 6.31. The fourth-order valence-corrected chi connectivity index (χ4v) is 3.43. The van der Waals surface area contributed by atoms with Crippen molar-refractivity contribution in [2.24, 2.45) is 0 Å². The van der Waals surface area contributed by atoms with Crippen LogP contribution in [0.2, 0.25) is 0 Å². The van der Waals surface area contributed by atoms with Crippen molar-refractivity contribution in [3.63, 3.8) is 0 Å². The Labute approximate surface area is 148 Å². The van der Waals surface area contributed by atoms with Crippen molar-refractivity contribution in [2.75, 3.05) is 6.61 Å². The van der Waals surface area contributed by atoms with Crippen LogP contribution in [0.15, 0.2) is 31.9 Å². The van der Waals surface area contributed by atoms with Crippen molar-refractivity contribution < 1.29 is 14.6 Å². The number of ether oxygens (including phenoxy) is 1. The topological polar surface area (TPSA) is 103 Å². The van der Waals surface area contributed by atoms with Gasteiger partial charge >= 0.3 is 5.97 Å². The first-order chi connectivity index (χ1) is 10.8. The Kier molecular flexibility index (Phi) is 5.23. The van der Waals surface area contributed by atoms with E-state index in [1.165, 1.54) is 0 Å². The number of nitriles is 1. The zero-order chi connectivity index (χ0) is 17.1. The summed E-state index contributed by atoms with van der Waals surface area (Å²) < 4.78 is 6.21. The van der Waals surface area contributed by atoms with E-state index in [4.69, 9.17) is 9.84 Å². The molecule has 0 saturated carbocycles. The average molecular weight is 442 g/mol. The first kappa shape index (κ1) is 17.2. The van der Waals surface area contributed by atoms with Crippen LogP contribution in [0.5, 0.6) is 5.75 Å². The van der Waals surface area contributed by atoms with Gasteiger partial charge in [0.1, 0.15) is 17.4 Å². The van der Waals surface area contributed by atoms with Gasteiger partial charge in [0, 0.05) is 11.3 Å². The van der Waals surface area contributed by atoms with E-state index in [9.17, 15) is 14.9 Å². The predicted molar refractivity (Wildman–Crippen MR) is 90.5 cm³/mol. The number of nitrogens with zero attached hydrogens (tertiary/aromatic N) is 1. The SMILES string of the molecule is Cc1cc(-c2cc(Br)c(OCC(=O)O)c(Br)c2)c(C#N)c(=O)[nH]1. The minimum absolute atomic E-state index is 0.00797. The number of aryl methyl sites for hydroxylation is 1. The predicted octanol–water partition coefficient (Wildman–Crippen LogP) is 3.21. The van der Waals surface area contributed by atoms with Gasteiger partial charge in [-0.3, -0.25) is 4.79 Å². The van der Waals surface area contributed by atoms with Gasteiger partial charge in [-0.25, -0.2) is 4.79 Å². The molecule has 8 heteroatoms. The number of hydrogen-bond donors (Lipinski definition) is 2. The molecule has 0 unspecified atom stereocenters. The number of benzene rings is 1. The van der Waals surface area contributed by atoms with Crippen LogP contribution in [0.3, 0.4) is 0 Å². The summed E-state index contributed by atoms with van der Waals surface area (Å²) in [5.41, 5.74) is 1.29. The van der Waals surface area contributed by atoms with Crippen LogP contribution in [0.1, 0.15) is 11.3 Å². The number of aromatic amines is 1. The molecule has 0 aliphatic carbocycles. The van der Waals surface area contributed by atoms with Crippen molar-refractivity contribution in [2.45, 2.75) is 6.92 Å². The van der Waals surface area contributed by atoms with Gasteiger partial charge in [0.15, 0.2) is 6.61 Å². The Morgan fingerprint density at radius 2 is 1.96 bits per heavy atom. The number of aliphatic carboxylic acids is 1. The number of carboxylic acids is 1. The van der Waals surface area contributed by atoms with Crippen LogP contribution in [0.25, 0.3) is 11.1 Å². The van der Waals surface area contributed by atoms with Crippen LogP contribution in [-0.2, 0) is 4.79 Å². The van der Waals surface area contributed by atoms with Crippen LogP contribution >= 0.6 is 31.9 Å². The number of aromatic nitrogens is 1. The van der Waals surface area contributed by atoms with Gasteiger partial charge < -0.3 is 14.8 Å². The van der Waals surface area contributed by atoms with E-state index >= 15 is 0 Å². The van der Waals surface area contributed by atoms with Gasteiger partial charge in [0.2, 0.25) is 0 Å². The van der Waals surface area contributed by atoms with Crippen molar-refractivity contribution >= 4 is 37.8 Å². The maximum absolute atomic E-state index is 11.9. The molecule has 0 aliphatic heterocycles. The third-order valence-electron chi connectivity index (χ3n) is 2.93. The molecular weight excluding hydrogens is 432 g/mol. The second-order valence-corrected chi connectivity index (χ2v) is 6.34. The van der Waals surface area contributed by atoms with E-state index < -0.39 is 18.1 Å². The molecule has 0 spiro atoms. The van der Waals surface area contributed by atoms with Crippen LogP contribution in [0.4, 0.5) is 0 Å². The summed E-state index contributed by atoms with van der Waals surface area (Å²) in [6.07, 6.45) is 0. The lowest BCUT2D eigenvalue weighted by Crippen LogP contribution is -2.13. The number of pyridine rings is 1. The molecule has 2 N–H and O–H groups in total. The first-order valence-corrected chi connectivity index (χ1v) is 7.90. The van der Waals surface area contributed by atoms with Gasteiger partial charge in [0.05, 0.1) is 8.95 Å². The normalized spacial score (nSPS) is 10.2. The zero-order valence-corrected chi connectivity index (χ0v) is 15.0. The second-order valence-electron chi connectivity index (χ2n) is 4.63. The minimum atomic E-state index is -1.09. The van der Waals surface area contributed by atoms with Gasteiger partial charge in [-0.05, 0) is 62.5 Å². The zero-order valence-electron chi connectivity index (χ0n) is 11.8. The molecule has 1 heterocycles. The molecule has 0 aliphatic rings. The van der Waals surface area contributed by atoms with Crippen LogP contribution in [-0.4, -0.2) is 22.7 Å². The van der Waals surface area contributed by atoms with Crippen molar-refractivity contribution in [3.05, 3.63) is 48.8 Å². The fraction of sp³-hybridized carbons (Fsp3) is 0.133. The Bertz CT molecular complexity index is 861. The number of carbonyl (C=O) groups is 1.